The number of aliphatic hydroxyl groups is 1. The van der Waals surface area contributed by atoms with Gasteiger partial charge >= 0.3 is 0 Å². The van der Waals surface area contributed by atoms with Crippen LogP contribution in [0, 0.1) is 0 Å². The second-order valence-corrected chi connectivity index (χ2v) is 6.28. The van der Waals surface area contributed by atoms with Gasteiger partial charge in [-0.1, -0.05) is 12.1 Å². The molecule has 5 nitrogen and oxygen atoms in total. The summed E-state index contributed by atoms with van der Waals surface area (Å²) in [6.07, 6.45) is 1.93. The van der Waals surface area contributed by atoms with Crippen molar-refractivity contribution < 1.29 is 24.5 Å². The van der Waals surface area contributed by atoms with E-state index in [0.29, 0.717) is 17.9 Å². The first-order chi connectivity index (χ1) is 12.1. The molecule has 0 radical (unpaired) electrons. The molecule has 132 valence electrons. The highest BCUT2D eigenvalue weighted by Gasteiger charge is 2.18. The van der Waals surface area contributed by atoms with Crippen molar-refractivity contribution in [3.8, 4) is 23.0 Å². The summed E-state index contributed by atoms with van der Waals surface area (Å²) >= 11 is 0. The van der Waals surface area contributed by atoms with Crippen molar-refractivity contribution in [2.24, 2.45) is 0 Å². The largest absolute Gasteiger partial charge is 0.504 e. The lowest BCUT2D eigenvalue weighted by Gasteiger charge is -2.14. The molecule has 0 unspecified atom stereocenters. The van der Waals surface area contributed by atoms with E-state index in [1.165, 1.54) is 6.07 Å². The summed E-state index contributed by atoms with van der Waals surface area (Å²) < 4.78 is 11.2. The van der Waals surface area contributed by atoms with Crippen molar-refractivity contribution >= 4 is 5.78 Å². The molecule has 0 aliphatic carbocycles. The van der Waals surface area contributed by atoms with E-state index in [2.05, 4.69) is 0 Å². The standard InChI is InChI=1S/C20H22O5/c1-24-20-11-13-4-2-3-5-15(21)17(23)10-14-6-8-16(22)19(12-14)25-18(20)9-7-13/h6-9,11-12,17,22-23H,2-5,10H2,1H3/t17-/m0/s1. The summed E-state index contributed by atoms with van der Waals surface area (Å²) in [7, 11) is 1.57. The number of ketones is 1. The first-order valence-corrected chi connectivity index (χ1v) is 8.44. The van der Waals surface area contributed by atoms with Crippen LogP contribution in [0.25, 0.3) is 0 Å². The SMILES string of the molecule is COc1cc2ccc1Oc1cc(ccc1O)C[C@H](O)C(=O)CCCC2. The molecule has 0 saturated heterocycles. The van der Waals surface area contributed by atoms with Gasteiger partial charge < -0.3 is 19.7 Å². The number of aliphatic hydroxyl groups excluding tert-OH is 1. The molecule has 25 heavy (non-hydrogen) atoms. The second-order valence-electron chi connectivity index (χ2n) is 6.28. The number of carbonyl (C=O) groups is 1. The van der Waals surface area contributed by atoms with Gasteiger partial charge in [-0.25, -0.2) is 0 Å². The number of phenolic OH excluding ortho intramolecular Hbond substituents is 1. The molecule has 4 rings (SSSR count). The number of aromatic hydroxyl groups is 1. The zero-order chi connectivity index (χ0) is 17.8. The van der Waals surface area contributed by atoms with E-state index in [0.717, 1.165) is 30.4 Å². The molecule has 2 aliphatic heterocycles. The van der Waals surface area contributed by atoms with Crippen LogP contribution in [0.4, 0.5) is 0 Å². The maximum atomic E-state index is 12.1. The third-order valence-electron chi connectivity index (χ3n) is 4.41. The van der Waals surface area contributed by atoms with Crippen LogP contribution >= 0.6 is 0 Å². The lowest BCUT2D eigenvalue weighted by atomic mass is 10.00. The smallest absolute Gasteiger partial charge is 0.169 e. The van der Waals surface area contributed by atoms with Crippen LogP contribution in [0.15, 0.2) is 36.4 Å². The fourth-order valence-corrected chi connectivity index (χ4v) is 2.97. The lowest BCUT2D eigenvalue weighted by molar-refractivity contribution is -0.127. The summed E-state index contributed by atoms with van der Waals surface area (Å²) in [6, 6.07) is 10.5. The average Bonchev–Trinajstić information content (AvgIpc) is 2.62. The number of carbonyl (C=O) groups excluding carboxylic acids is 1. The minimum atomic E-state index is -1.04. The number of fused-ring (bicyclic) bond motifs is 8. The molecule has 1 atom stereocenters. The number of hydrogen-bond acceptors (Lipinski definition) is 5. The number of hydrogen-bond donors (Lipinski definition) is 2. The fourth-order valence-electron chi connectivity index (χ4n) is 2.97. The zero-order valence-electron chi connectivity index (χ0n) is 14.2. The predicted molar refractivity (Wildman–Crippen MR) is 93.4 cm³/mol. The molecule has 0 amide bonds. The first kappa shape index (κ1) is 17.3. The molecule has 0 saturated carbocycles. The van der Waals surface area contributed by atoms with Crippen molar-refractivity contribution in [3.05, 3.63) is 47.5 Å². The normalized spacial score (nSPS) is 18.2. The molecule has 4 bridgehead atoms. The molecule has 2 aromatic carbocycles. The monoisotopic (exact) mass is 342 g/mol. The van der Waals surface area contributed by atoms with Gasteiger partial charge in [0.2, 0.25) is 0 Å². The van der Waals surface area contributed by atoms with Crippen molar-refractivity contribution in [2.45, 2.75) is 38.2 Å². The van der Waals surface area contributed by atoms with E-state index < -0.39 is 6.10 Å². The minimum Gasteiger partial charge on any atom is -0.504 e. The van der Waals surface area contributed by atoms with Crippen LogP contribution in [-0.4, -0.2) is 29.2 Å². The van der Waals surface area contributed by atoms with Crippen LogP contribution in [-0.2, 0) is 17.6 Å². The van der Waals surface area contributed by atoms with E-state index in [1.54, 1.807) is 19.2 Å². The van der Waals surface area contributed by atoms with Crippen molar-refractivity contribution in [1.29, 1.82) is 0 Å². The van der Waals surface area contributed by atoms with Crippen LogP contribution in [0.5, 0.6) is 23.0 Å². The first-order valence-electron chi connectivity index (χ1n) is 8.44. The fraction of sp³-hybridized carbons (Fsp3) is 0.350. The number of benzene rings is 2. The quantitative estimate of drug-likeness (QED) is 0.831. The molecule has 2 aliphatic rings. The molecular weight excluding hydrogens is 320 g/mol. The molecular formula is C20H22O5. The van der Waals surface area contributed by atoms with E-state index in [-0.39, 0.29) is 23.7 Å². The summed E-state index contributed by atoms with van der Waals surface area (Å²) in [5, 5.41) is 20.2. The number of phenols is 1. The highest BCUT2D eigenvalue weighted by molar-refractivity contribution is 5.83. The molecule has 2 N–H and O–H groups in total. The Bertz CT molecular complexity index is 769. The van der Waals surface area contributed by atoms with Gasteiger partial charge in [0.15, 0.2) is 28.8 Å². The van der Waals surface area contributed by atoms with Gasteiger partial charge in [-0.15, -0.1) is 0 Å². The summed E-state index contributed by atoms with van der Waals surface area (Å²) in [6.45, 7) is 0. The van der Waals surface area contributed by atoms with Crippen LogP contribution in [0.2, 0.25) is 0 Å². The van der Waals surface area contributed by atoms with E-state index in [4.69, 9.17) is 9.47 Å². The summed E-state index contributed by atoms with van der Waals surface area (Å²) in [5.74, 6) is 1.19. The number of Topliss-reactive ketones (excluding diaryl/α,β-unsaturated/α-hetero) is 1. The van der Waals surface area contributed by atoms with Gasteiger partial charge in [0.1, 0.15) is 6.10 Å². The molecule has 0 fully saturated rings. The highest BCUT2D eigenvalue weighted by atomic mass is 16.5. The van der Waals surface area contributed by atoms with Crippen molar-refractivity contribution in [1.82, 2.24) is 0 Å². The maximum Gasteiger partial charge on any atom is 0.169 e. The van der Waals surface area contributed by atoms with E-state index in [1.807, 2.05) is 18.2 Å². The Morgan fingerprint density at radius 3 is 2.60 bits per heavy atom. The minimum absolute atomic E-state index is 0.0139. The Kier molecular flexibility index (Phi) is 5.24. The third kappa shape index (κ3) is 4.12. The maximum absolute atomic E-state index is 12.1. The average molecular weight is 342 g/mol. The van der Waals surface area contributed by atoms with E-state index in [9.17, 15) is 15.0 Å². The van der Waals surface area contributed by atoms with Crippen LogP contribution < -0.4 is 9.47 Å². The van der Waals surface area contributed by atoms with Gasteiger partial charge in [0, 0.05) is 12.8 Å². The molecule has 2 aromatic rings. The molecule has 0 aromatic heterocycles. The van der Waals surface area contributed by atoms with Gasteiger partial charge in [0.25, 0.3) is 0 Å². The third-order valence-corrected chi connectivity index (χ3v) is 4.41. The highest BCUT2D eigenvalue weighted by Crippen LogP contribution is 2.37. The van der Waals surface area contributed by atoms with Crippen molar-refractivity contribution in [2.75, 3.05) is 7.11 Å². The Hall–Kier alpha value is -2.53. The molecule has 0 spiro atoms. The van der Waals surface area contributed by atoms with Crippen LogP contribution in [0.1, 0.15) is 30.4 Å². The topological polar surface area (TPSA) is 76.0 Å². The van der Waals surface area contributed by atoms with Gasteiger partial charge in [0.05, 0.1) is 7.11 Å². The Morgan fingerprint density at radius 1 is 1.04 bits per heavy atom. The van der Waals surface area contributed by atoms with Crippen molar-refractivity contribution in [3.63, 3.8) is 0 Å². The number of methoxy groups -OCH3 is 1. The Balaban J connectivity index is 1.99. The Labute approximate surface area is 146 Å². The molecule has 2 heterocycles. The van der Waals surface area contributed by atoms with Gasteiger partial charge in [-0.05, 0) is 54.7 Å². The summed E-state index contributed by atoms with van der Waals surface area (Å²) in [4.78, 5) is 12.1. The number of aryl methyl sites for hydroxylation is 1. The lowest BCUT2D eigenvalue weighted by Crippen LogP contribution is -2.22. The number of rotatable bonds is 1. The predicted octanol–water partition coefficient (Wildman–Crippen LogP) is 3.39. The second kappa shape index (κ2) is 7.57. The van der Waals surface area contributed by atoms with Gasteiger partial charge in [-0.3, -0.25) is 4.79 Å². The Morgan fingerprint density at radius 2 is 1.80 bits per heavy atom. The zero-order valence-corrected chi connectivity index (χ0v) is 14.2. The summed E-state index contributed by atoms with van der Waals surface area (Å²) in [5.41, 5.74) is 1.81. The van der Waals surface area contributed by atoms with Gasteiger partial charge in [-0.2, -0.15) is 0 Å². The van der Waals surface area contributed by atoms with E-state index >= 15 is 0 Å². The number of ether oxygens (including phenoxy) is 2. The van der Waals surface area contributed by atoms with Crippen LogP contribution in [0.3, 0.4) is 0 Å². The molecule has 5 heteroatoms.